The number of benzene rings is 2. The summed E-state index contributed by atoms with van der Waals surface area (Å²) in [6.07, 6.45) is -1.41. The minimum atomic E-state index is -5.08. The molecule has 3 aliphatic rings. The standard InChI is InChI=1S/C31H37Cl2FN2O3.C2HF3O2/c1-29(2,3)16-24-31(20-9-8-18(32)15-22(20)35-28(31)38)25(19-6-5-7-21(33)26(19)34)27(36-24)23(37)14-17-10-12-30(4,39)13-11-17;3-2(4,5)1(6)7/h5-9,15,17,24-25,27,36,39H,10-14,16H2,1-4H3,(H,35,38);(H,6,7)/t17?,24-,25+,27+,30?,31+;/m1./s1. The molecule has 4 N–H and O–H groups in total. The number of carbonyl (C=O) groups excluding carboxylic acids is 2. The number of aliphatic hydroxyl groups is 1. The largest absolute Gasteiger partial charge is 0.490 e. The van der Waals surface area contributed by atoms with Crippen LogP contribution in [0.1, 0.15) is 83.3 Å². The average molecular weight is 690 g/mol. The van der Waals surface area contributed by atoms with Crippen LogP contribution in [0.15, 0.2) is 36.4 Å². The van der Waals surface area contributed by atoms with Crippen molar-refractivity contribution < 1.29 is 42.2 Å². The summed E-state index contributed by atoms with van der Waals surface area (Å²) in [6.45, 7) is 8.12. The monoisotopic (exact) mass is 688 g/mol. The molecule has 0 unspecified atom stereocenters. The summed E-state index contributed by atoms with van der Waals surface area (Å²) in [7, 11) is 0. The lowest BCUT2D eigenvalue weighted by molar-refractivity contribution is -0.192. The molecule has 2 aliphatic heterocycles. The fourth-order valence-corrected chi connectivity index (χ4v) is 7.47. The zero-order chi connectivity index (χ0) is 34.4. The van der Waals surface area contributed by atoms with Crippen LogP contribution < -0.4 is 10.6 Å². The number of anilines is 1. The number of fused-ring (bicyclic) bond motifs is 2. The highest BCUT2D eigenvalue weighted by Gasteiger charge is 2.66. The molecular weight excluding hydrogens is 651 g/mol. The number of carboxylic acid groups (broad SMARTS) is 1. The van der Waals surface area contributed by atoms with E-state index in [0.29, 0.717) is 42.0 Å². The van der Waals surface area contributed by atoms with Crippen LogP contribution in [-0.2, 0) is 19.8 Å². The molecule has 2 aromatic rings. The molecule has 2 fully saturated rings. The van der Waals surface area contributed by atoms with E-state index < -0.39 is 47.0 Å². The van der Waals surface area contributed by atoms with E-state index >= 15 is 4.39 Å². The Bertz CT molecular complexity index is 1500. The van der Waals surface area contributed by atoms with Crippen molar-refractivity contribution in [3.05, 3.63) is 63.4 Å². The molecule has 1 saturated carbocycles. The lowest BCUT2D eigenvalue weighted by Crippen LogP contribution is -2.49. The molecule has 1 aliphatic carbocycles. The normalized spacial score (nSPS) is 29.2. The minimum absolute atomic E-state index is 0.0441. The van der Waals surface area contributed by atoms with Gasteiger partial charge in [-0.3, -0.25) is 9.59 Å². The van der Waals surface area contributed by atoms with Crippen LogP contribution in [0.3, 0.4) is 0 Å². The van der Waals surface area contributed by atoms with Gasteiger partial charge in [-0.2, -0.15) is 13.2 Å². The molecule has 2 aromatic carbocycles. The van der Waals surface area contributed by atoms with Crippen LogP contribution in [0, 0.1) is 17.2 Å². The Morgan fingerprint density at radius 1 is 1.07 bits per heavy atom. The molecule has 252 valence electrons. The van der Waals surface area contributed by atoms with Gasteiger partial charge in [-0.05, 0) is 79.7 Å². The third kappa shape index (κ3) is 7.37. The van der Waals surface area contributed by atoms with Crippen molar-refractivity contribution in [2.75, 3.05) is 5.32 Å². The number of ketones is 1. The smallest absolute Gasteiger partial charge is 0.475 e. The maximum Gasteiger partial charge on any atom is 0.490 e. The molecule has 5 rings (SSSR count). The van der Waals surface area contributed by atoms with Crippen molar-refractivity contribution in [2.24, 2.45) is 11.3 Å². The topological polar surface area (TPSA) is 116 Å². The molecule has 1 spiro atoms. The molecule has 0 aromatic heterocycles. The van der Waals surface area contributed by atoms with E-state index in [0.717, 1.165) is 12.8 Å². The van der Waals surface area contributed by atoms with Crippen molar-refractivity contribution in [3.8, 4) is 0 Å². The molecule has 0 bridgehead atoms. The third-order valence-corrected chi connectivity index (χ3v) is 9.73. The van der Waals surface area contributed by atoms with E-state index in [9.17, 15) is 27.9 Å². The van der Waals surface area contributed by atoms with Gasteiger partial charge in [0.1, 0.15) is 11.2 Å². The Labute approximate surface area is 275 Å². The number of rotatable bonds is 5. The lowest BCUT2D eigenvalue weighted by Gasteiger charge is -2.38. The second-order valence-corrected chi connectivity index (χ2v) is 14.9. The van der Waals surface area contributed by atoms with E-state index in [1.807, 2.05) is 13.0 Å². The first-order valence-corrected chi connectivity index (χ1v) is 15.8. The third-order valence-electron chi connectivity index (χ3n) is 9.20. The number of Topliss-reactive ketones (excluding diaryl/α,β-unsaturated/α-hetero) is 1. The van der Waals surface area contributed by atoms with Gasteiger partial charge in [0.05, 0.1) is 16.7 Å². The number of hydrogen-bond acceptors (Lipinski definition) is 5. The number of alkyl halides is 3. The first kappa shape index (κ1) is 36.1. The van der Waals surface area contributed by atoms with Gasteiger partial charge >= 0.3 is 12.1 Å². The number of carbonyl (C=O) groups is 3. The highest BCUT2D eigenvalue weighted by molar-refractivity contribution is 6.31. The summed E-state index contributed by atoms with van der Waals surface area (Å²) in [6, 6.07) is 8.86. The predicted octanol–water partition coefficient (Wildman–Crippen LogP) is 7.42. The molecule has 46 heavy (non-hydrogen) atoms. The number of aliphatic carboxylic acids is 1. The van der Waals surface area contributed by atoms with Crippen molar-refractivity contribution in [2.45, 2.75) is 101 Å². The Kier molecular flexibility index (Phi) is 10.2. The SMILES string of the molecule is CC(C)(C)C[C@H]1N[C@@H](C(=O)CC2CCC(C)(O)CC2)[C@H](c2cccc(Cl)c2F)[C@@]12C(=O)Nc1cc(Cl)ccc12.O=C(O)C(F)(F)F. The van der Waals surface area contributed by atoms with Gasteiger partial charge in [0.25, 0.3) is 0 Å². The number of amides is 1. The van der Waals surface area contributed by atoms with E-state index in [-0.39, 0.29) is 33.6 Å². The van der Waals surface area contributed by atoms with E-state index in [1.54, 1.807) is 24.3 Å². The first-order chi connectivity index (χ1) is 21.2. The number of halogens is 6. The predicted molar refractivity (Wildman–Crippen MR) is 167 cm³/mol. The molecule has 2 heterocycles. The van der Waals surface area contributed by atoms with E-state index in [1.165, 1.54) is 6.07 Å². The molecule has 1 saturated heterocycles. The van der Waals surface area contributed by atoms with E-state index in [4.69, 9.17) is 33.1 Å². The average Bonchev–Trinajstić information content (AvgIpc) is 3.40. The molecular formula is C33H38Cl2F4N2O5. The van der Waals surface area contributed by atoms with Crippen molar-refractivity contribution in [1.29, 1.82) is 0 Å². The van der Waals surface area contributed by atoms with Crippen molar-refractivity contribution in [1.82, 2.24) is 5.32 Å². The first-order valence-electron chi connectivity index (χ1n) is 15.0. The number of hydrogen-bond donors (Lipinski definition) is 4. The molecule has 7 nitrogen and oxygen atoms in total. The van der Waals surface area contributed by atoms with Gasteiger partial charge in [-0.25, -0.2) is 9.18 Å². The quantitative estimate of drug-likeness (QED) is 0.243. The maximum atomic E-state index is 15.9. The van der Waals surface area contributed by atoms with Crippen LogP contribution >= 0.6 is 23.2 Å². The molecule has 0 radical (unpaired) electrons. The fourth-order valence-electron chi connectivity index (χ4n) is 7.12. The Balaban J connectivity index is 0.000000617. The summed E-state index contributed by atoms with van der Waals surface area (Å²) in [5, 5.41) is 24.5. The molecule has 1 amide bonds. The van der Waals surface area contributed by atoms with Gasteiger partial charge in [0, 0.05) is 29.1 Å². The zero-order valence-corrected chi connectivity index (χ0v) is 27.4. The summed E-state index contributed by atoms with van der Waals surface area (Å²) >= 11 is 12.6. The lowest BCUT2D eigenvalue weighted by atomic mass is 9.62. The van der Waals surface area contributed by atoms with Gasteiger partial charge in [-0.1, -0.05) is 62.2 Å². The Hall–Kier alpha value is -2.73. The van der Waals surface area contributed by atoms with Crippen LogP contribution in [0.5, 0.6) is 0 Å². The summed E-state index contributed by atoms with van der Waals surface area (Å²) < 4.78 is 47.6. The second kappa shape index (κ2) is 13.1. The van der Waals surface area contributed by atoms with Crippen LogP contribution in [0.25, 0.3) is 0 Å². The van der Waals surface area contributed by atoms with Crippen molar-refractivity contribution in [3.63, 3.8) is 0 Å². The molecule has 4 atom stereocenters. The maximum absolute atomic E-state index is 15.9. The Morgan fingerprint density at radius 2 is 1.67 bits per heavy atom. The second-order valence-electron chi connectivity index (χ2n) is 14.0. The van der Waals surface area contributed by atoms with Gasteiger partial charge < -0.3 is 20.8 Å². The van der Waals surface area contributed by atoms with Crippen LogP contribution in [0.2, 0.25) is 10.0 Å². The van der Waals surface area contributed by atoms with Crippen LogP contribution in [-0.4, -0.2) is 51.7 Å². The van der Waals surface area contributed by atoms with Gasteiger partial charge in [-0.15, -0.1) is 0 Å². The number of nitrogens with one attached hydrogen (secondary N) is 2. The highest BCUT2D eigenvalue weighted by Crippen LogP contribution is 2.57. The van der Waals surface area contributed by atoms with Gasteiger partial charge in [0.15, 0.2) is 5.78 Å². The molecule has 13 heteroatoms. The highest BCUT2D eigenvalue weighted by atomic mass is 35.5. The number of carboxylic acids is 1. The minimum Gasteiger partial charge on any atom is -0.475 e. The summed E-state index contributed by atoms with van der Waals surface area (Å²) in [5.41, 5.74) is -0.573. The van der Waals surface area contributed by atoms with Crippen LogP contribution in [0.4, 0.5) is 23.2 Å². The fraction of sp³-hybridized carbons (Fsp3) is 0.545. The summed E-state index contributed by atoms with van der Waals surface area (Å²) in [5.74, 6) is -4.36. The zero-order valence-electron chi connectivity index (χ0n) is 25.9. The Morgan fingerprint density at radius 3 is 2.24 bits per heavy atom. The van der Waals surface area contributed by atoms with Gasteiger partial charge in [0.2, 0.25) is 5.91 Å². The van der Waals surface area contributed by atoms with E-state index in [2.05, 4.69) is 31.4 Å². The van der Waals surface area contributed by atoms with Crippen molar-refractivity contribution >= 4 is 46.5 Å². The summed E-state index contributed by atoms with van der Waals surface area (Å²) in [4.78, 5) is 37.2.